The lowest BCUT2D eigenvalue weighted by molar-refractivity contribution is -0.139. The van der Waals surface area contributed by atoms with Crippen molar-refractivity contribution in [3.8, 4) is 0 Å². The lowest BCUT2D eigenvalue weighted by Gasteiger charge is -2.23. The molecule has 1 atom stereocenters. The molecule has 25 heavy (non-hydrogen) atoms. The number of benzene rings is 1. The van der Waals surface area contributed by atoms with E-state index in [1.165, 1.54) is 12.8 Å². The fourth-order valence-corrected chi connectivity index (χ4v) is 3.29. The summed E-state index contributed by atoms with van der Waals surface area (Å²) in [5, 5.41) is 12.0. The molecule has 1 aromatic carbocycles. The molecule has 0 bridgehead atoms. The number of carbonyl (C=O) groups is 2. The van der Waals surface area contributed by atoms with Crippen LogP contribution in [0.3, 0.4) is 0 Å². The summed E-state index contributed by atoms with van der Waals surface area (Å²) in [6.07, 6.45) is 4.02. The molecule has 0 unspecified atom stereocenters. The van der Waals surface area contributed by atoms with E-state index in [2.05, 4.69) is 5.32 Å². The number of nitrogen functional groups attached to an aromatic ring is 1. The topological polar surface area (TPSA) is 102 Å². The predicted octanol–water partition coefficient (Wildman–Crippen LogP) is 3.45. The average molecular weight is 348 g/mol. The molecule has 1 fully saturated rings. The van der Waals surface area contributed by atoms with Crippen LogP contribution >= 0.6 is 0 Å². The van der Waals surface area contributed by atoms with Crippen molar-refractivity contribution in [1.29, 1.82) is 0 Å². The quantitative estimate of drug-likeness (QED) is 0.707. The van der Waals surface area contributed by atoms with E-state index >= 15 is 0 Å². The van der Waals surface area contributed by atoms with Gasteiger partial charge >= 0.3 is 12.1 Å². The number of carbonyl (C=O) groups excluding carboxylic acids is 1. The zero-order valence-corrected chi connectivity index (χ0v) is 15.2. The number of anilines is 1. The summed E-state index contributed by atoms with van der Waals surface area (Å²) < 4.78 is 5.17. The lowest BCUT2D eigenvalue weighted by Crippen LogP contribution is -2.44. The van der Waals surface area contributed by atoms with Gasteiger partial charge in [-0.3, -0.25) is 0 Å². The maximum Gasteiger partial charge on any atom is 0.408 e. The minimum absolute atomic E-state index is 0.209. The first-order valence-corrected chi connectivity index (χ1v) is 8.76. The van der Waals surface area contributed by atoms with Crippen LogP contribution in [0, 0.1) is 0 Å². The van der Waals surface area contributed by atoms with E-state index in [1.807, 2.05) is 12.1 Å². The highest BCUT2D eigenvalue weighted by atomic mass is 16.6. The van der Waals surface area contributed by atoms with Gasteiger partial charge in [0.2, 0.25) is 0 Å². The van der Waals surface area contributed by atoms with Gasteiger partial charge in [-0.1, -0.05) is 18.9 Å². The molecule has 0 aromatic heterocycles. The van der Waals surface area contributed by atoms with E-state index in [0.29, 0.717) is 11.6 Å². The third kappa shape index (κ3) is 5.66. The molecule has 1 aliphatic rings. The van der Waals surface area contributed by atoms with Gasteiger partial charge in [0.1, 0.15) is 11.6 Å². The van der Waals surface area contributed by atoms with Crippen LogP contribution in [0.4, 0.5) is 10.5 Å². The molecule has 2 rings (SSSR count). The number of alkyl carbamates (subject to hydrolysis) is 1. The Labute approximate surface area is 148 Å². The Hall–Kier alpha value is -2.24. The highest BCUT2D eigenvalue weighted by Crippen LogP contribution is 2.37. The third-order valence-electron chi connectivity index (χ3n) is 4.38. The van der Waals surface area contributed by atoms with E-state index in [1.54, 1.807) is 26.8 Å². The van der Waals surface area contributed by atoms with Crippen LogP contribution in [-0.2, 0) is 16.0 Å². The van der Waals surface area contributed by atoms with Crippen molar-refractivity contribution in [3.63, 3.8) is 0 Å². The zero-order chi connectivity index (χ0) is 18.6. The van der Waals surface area contributed by atoms with Crippen LogP contribution in [0.25, 0.3) is 0 Å². The molecular formula is C19H28N2O4. The van der Waals surface area contributed by atoms with E-state index in [4.69, 9.17) is 10.5 Å². The number of hydrogen-bond donors (Lipinski definition) is 3. The smallest absolute Gasteiger partial charge is 0.408 e. The van der Waals surface area contributed by atoms with Crippen molar-refractivity contribution >= 4 is 17.7 Å². The first-order valence-electron chi connectivity index (χ1n) is 8.76. The predicted molar refractivity (Wildman–Crippen MR) is 96.6 cm³/mol. The monoisotopic (exact) mass is 348 g/mol. The van der Waals surface area contributed by atoms with Gasteiger partial charge in [0.05, 0.1) is 0 Å². The van der Waals surface area contributed by atoms with Crippen LogP contribution in [0.5, 0.6) is 0 Å². The Morgan fingerprint density at radius 1 is 1.32 bits per heavy atom. The summed E-state index contributed by atoms with van der Waals surface area (Å²) in [4.78, 5) is 23.6. The van der Waals surface area contributed by atoms with Crippen molar-refractivity contribution in [2.75, 3.05) is 5.73 Å². The van der Waals surface area contributed by atoms with Gasteiger partial charge in [0.15, 0.2) is 0 Å². The van der Waals surface area contributed by atoms with Gasteiger partial charge in [-0.05, 0) is 62.8 Å². The maximum absolute atomic E-state index is 11.9. The molecule has 138 valence electrons. The third-order valence-corrected chi connectivity index (χ3v) is 4.38. The van der Waals surface area contributed by atoms with Crippen LogP contribution in [0.15, 0.2) is 18.2 Å². The fraction of sp³-hybridized carbons (Fsp3) is 0.579. The normalized spacial score (nSPS) is 16.4. The highest BCUT2D eigenvalue weighted by molar-refractivity contribution is 5.80. The number of ether oxygens (including phenoxy) is 1. The molecule has 0 saturated heterocycles. The summed E-state index contributed by atoms with van der Waals surface area (Å²) in [5.74, 6) is -0.672. The summed E-state index contributed by atoms with van der Waals surface area (Å²) in [6, 6.07) is 4.55. The van der Waals surface area contributed by atoms with E-state index < -0.39 is 23.7 Å². The Morgan fingerprint density at radius 3 is 2.52 bits per heavy atom. The molecule has 0 aliphatic heterocycles. The number of nitrogens with two attached hydrogens (primary N) is 1. The van der Waals surface area contributed by atoms with Crippen molar-refractivity contribution in [2.24, 2.45) is 0 Å². The summed E-state index contributed by atoms with van der Waals surface area (Å²) in [6.45, 7) is 5.21. The van der Waals surface area contributed by atoms with E-state index in [9.17, 15) is 14.7 Å². The van der Waals surface area contributed by atoms with Crippen molar-refractivity contribution in [1.82, 2.24) is 5.32 Å². The number of carboxylic acids is 1. The van der Waals surface area contributed by atoms with Gasteiger partial charge in [0, 0.05) is 12.1 Å². The van der Waals surface area contributed by atoms with Crippen LogP contribution in [-0.4, -0.2) is 28.8 Å². The molecule has 1 amide bonds. The van der Waals surface area contributed by atoms with Gasteiger partial charge in [-0.25, -0.2) is 9.59 Å². The Balaban J connectivity index is 2.16. The second-order valence-electron chi connectivity index (χ2n) is 7.68. The number of aliphatic carboxylic acids is 1. The molecule has 1 aliphatic carbocycles. The standard InChI is InChI=1S/C19H28N2O4/c1-19(2,3)25-18(24)21-16(17(22)23)10-13-8-9-14(20)11-15(13)12-6-4-5-7-12/h8-9,11-12,16H,4-7,10,20H2,1-3H3,(H,21,24)(H,22,23)/t16-/m0/s1. The van der Waals surface area contributed by atoms with Crippen LogP contribution < -0.4 is 11.1 Å². The summed E-state index contributed by atoms with van der Waals surface area (Å²) in [5.41, 5.74) is 7.96. The Morgan fingerprint density at radius 2 is 1.96 bits per heavy atom. The molecule has 0 heterocycles. The molecule has 0 radical (unpaired) electrons. The second-order valence-corrected chi connectivity index (χ2v) is 7.68. The number of amides is 1. The highest BCUT2D eigenvalue weighted by Gasteiger charge is 2.27. The molecule has 6 heteroatoms. The molecule has 4 N–H and O–H groups in total. The second kappa shape index (κ2) is 7.76. The van der Waals surface area contributed by atoms with Crippen molar-refractivity contribution < 1.29 is 19.4 Å². The number of nitrogens with one attached hydrogen (secondary N) is 1. The van der Waals surface area contributed by atoms with Gasteiger partial charge in [0.25, 0.3) is 0 Å². The summed E-state index contributed by atoms with van der Waals surface area (Å²) in [7, 11) is 0. The molecular weight excluding hydrogens is 320 g/mol. The Kier molecular flexibility index (Phi) is 5.93. The minimum atomic E-state index is -1.08. The van der Waals surface area contributed by atoms with Crippen LogP contribution in [0.2, 0.25) is 0 Å². The van der Waals surface area contributed by atoms with Crippen molar-refractivity contribution in [2.45, 2.75) is 70.4 Å². The van der Waals surface area contributed by atoms with Crippen LogP contribution in [0.1, 0.15) is 63.5 Å². The first kappa shape index (κ1) is 19.1. The fourth-order valence-electron chi connectivity index (χ4n) is 3.29. The SMILES string of the molecule is CC(C)(C)OC(=O)N[C@@H](Cc1ccc(N)cc1C1CCCC1)C(=O)O. The van der Waals surface area contributed by atoms with E-state index in [-0.39, 0.29) is 6.42 Å². The lowest BCUT2D eigenvalue weighted by atomic mass is 9.89. The molecule has 1 saturated carbocycles. The summed E-state index contributed by atoms with van der Waals surface area (Å²) >= 11 is 0. The minimum Gasteiger partial charge on any atom is -0.480 e. The Bertz CT molecular complexity index is 631. The number of carboxylic acid groups (broad SMARTS) is 1. The van der Waals surface area contributed by atoms with E-state index in [0.717, 1.165) is 24.0 Å². The van der Waals surface area contributed by atoms with Gasteiger partial charge in [-0.2, -0.15) is 0 Å². The maximum atomic E-state index is 11.9. The molecule has 6 nitrogen and oxygen atoms in total. The largest absolute Gasteiger partial charge is 0.480 e. The van der Waals surface area contributed by atoms with Crippen molar-refractivity contribution in [3.05, 3.63) is 29.3 Å². The number of hydrogen-bond acceptors (Lipinski definition) is 4. The van der Waals surface area contributed by atoms with Gasteiger partial charge < -0.3 is 20.9 Å². The molecule has 1 aromatic rings. The zero-order valence-electron chi connectivity index (χ0n) is 15.2. The van der Waals surface area contributed by atoms with Gasteiger partial charge in [-0.15, -0.1) is 0 Å². The molecule has 0 spiro atoms. The average Bonchev–Trinajstić information content (AvgIpc) is 3.00. The number of rotatable bonds is 5. The first-order chi connectivity index (χ1) is 11.7.